The van der Waals surface area contributed by atoms with E-state index in [1.807, 2.05) is 18.9 Å². The van der Waals surface area contributed by atoms with E-state index in [0.29, 0.717) is 41.1 Å². The van der Waals surface area contributed by atoms with Gasteiger partial charge in [0.1, 0.15) is 16.5 Å². The van der Waals surface area contributed by atoms with Crippen molar-refractivity contribution < 1.29 is 24.7 Å². The molecule has 0 radical (unpaired) electrons. The molecule has 2 aromatic rings. The van der Waals surface area contributed by atoms with Crippen LogP contribution in [0.4, 0.5) is 11.6 Å². The quantitative estimate of drug-likeness (QED) is 0.173. The number of rotatable bonds is 14. The monoisotopic (exact) mass is 439 g/mol. The Morgan fingerprint density at radius 1 is 1.23 bits per heavy atom. The van der Waals surface area contributed by atoms with Gasteiger partial charge in [-0.15, -0.1) is 0 Å². The predicted molar refractivity (Wildman–Crippen MR) is 114 cm³/mol. The number of ether oxygens (including phenoxy) is 1. The summed E-state index contributed by atoms with van der Waals surface area (Å²) in [4.78, 5) is 26.5. The van der Waals surface area contributed by atoms with E-state index >= 15 is 0 Å². The van der Waals surface area contributed by atoms with Gasteiger partial charge in [-0.1, -0.05) is 11.8 Å². The Labute approximate surface area is 180 Å². The van der Waals surface area contributed by atoms with Crippen LogP contribution in [-0.4, -0.2) is 65.8 Å². The first-order valence-electron chi connectivity index (χ1n) is 9.62. The standard InChI is InChI=1S/C19H29N5O5S/c1-4-24(2)19-17(29-28-13-27-3)15(7-9-21-19)30-16-11-22-18(14(12-26)23-16)20-8-5-6-10-25/h7,9,11,25-26H,4-6,8,10,12-13H2,1-3H3,(H,20,22). The third-order valence-corrected chi connectivity index (χ3v) is 5.01. The smallest absolute Gasteiger partial charge is 0.221 e. The molecule has 3 N–H and O–H groups in total. The molecule has 0 aromatic carbocycles. The molecule has 166 valence electrons. The molecule has 0 unspecified atom stereocenters. The van der Waals surface area contributed by atoms with Crippen molar-refractivity contribution in [1.29, 1.82) is 0 Å². The summed E-state index contributed by atoms with van der Waals surface area (Å²) in [6.07, 6.45) is 4.81. The van der Waals surface area contributed by atoms with Gasteiger partial charge in [-0.05, 0) is 25.8 Å². The highest BCUT2D eigenvalue weighted by molar-refractivity contribution is 7.99. The summed E-state index contributed by atoms with van der Waals surface area (Å²) in [5.74, 6) is 1.60. The van der Waals surface area contributed by atoms with Gasteiger partial charge in [0, 0.05) is 40.1 Å². The highest BCUT2D eigenvalue weighted by Gasteiger charge is 2.18. The van der Waals surface area contributed by atoms with Crippen LogP contribution in [0.2, 0.25) is 0 Å². The molecular weight excluding hydrogens is 410 g/mol. The van der Waals surface area contributed by atoms with Crippen molar-refractivity contribution in [2.24, 2.45) is 0 Å². The number of aromatic nitrogens is 3. The SMILES string of the molecule is CCN(C)c1nccc(Sc2cnc(NCCCCO)c(CO)n2)c1OOCOC. The average Bonchev–Trinajstić information content (AvgIpc) is 2.77. The number of nitrogens with zero attached hydrogens (tertiary/aromatic N) is 4. The normalized spacial score (nSPS) is 10.8. The first-order chi connectivity index (χ1) is 14.6. The van der Waals surface area contributed by atoms with Crippen LogP contribution in [0.5, 0.6) is 5.75 Å². The lowest BCUT2D eigenvalue weighted by Crippen LogP contribution is -2.19. The van der Waals surface area contributed by atoms with E-state index in [1.54, 1.807) is 18.5 Å². The number of aliphatic hydroxyl groups is 2. The fourth-order valence-electron chi connectivity index (χ4n) is 2.40. The van der Waals surface area contributed by atoms with E-state index in [0.717, 1.165) is 17.9 Å². The molecular formula is C19H29N5O5S. The van der Waals surface area contributed by atoms with Crippen LogP contribution in [-0.2, 0) is 16.2 Å². The fraction of sp³-hybridized carbons (Fsp3) is 0.526. The maximum absolute atomic E-state index is 9.69. The molecule has 0 amide bonds. The van der Waals surface area contributed by atoms with Crippen molar-refractivity contribution in [3.05, 3.63) is 24.2 Å². The Morgan fingerprint density at radius 2 is 2.07 bits per heavy atom. The summed E-state index contributed by atoms with van der Waals surface area (Å²) >= 11 is 1.33. The summed E-state index contributed by atoms with van der Waals surface area (Å²) in [6, 6.07) is 1.80. The van der Waals surface area contributed by atoms with Gasteiger partial charge >= 0.3 is 0 Å². The highest BCUT2D eigenvalue weighted by atomic mass is 32.2. The number of methoxy groups -OCH3 is 1. The Bertz CT molecular complexity index is 783. The molecule has 11 heteroatoms. The van der Waals surface area contributed by atoms with Crippen molar-refractivity contribution in [3.8, 4) is 5.75 Å². The molecule has 0 fully saturated rings. The van der Waals surface area contributed by atoms with E-state index in [2.05, 4.69) is 20.3 Å². The van der Waals surface area contributed by atoms with Crippen molar-refractivity contribution in [2.45, 2.75) is 36.3 Å². The second-order valence-corrected chi connectivity index (χ2v) is 7.27. The number of pyridine rings is 1. The lowest BCUT2D eigenvalue weighted by molar-refractivity contribution is -0.261. The lowest BCUT2D eigenvalue weighted by atomic mass is 10.3. The molecule has 2 heterocycles. The zero-order valence-electron chi connectivity index (χ0n) is 17.5. The number of hydrogen-bond donors (Lipinski definition) is 3. The summed E-state index contributed by atoms with van der Waals surface area (Å²) in [6.45, 7) is 3.25. The van der Waals surface area contributed by atoms with E-state index in [4.69, 9.17) is 19.6 Å². The lowest BCUT2D eigenvalue weighted by Gasteiger charge is -2.20. The van der Waals surface area contributed by atoms with Gasteiger partial charge in [0.05, 0.1) is 17.7 Å². The summed E-state index contributed by atoms with van der Waals surface area (Å²) in [5.41, 5.74) is 0.446. The molecule has 0 spiro atoms. The van der Waals surface area contributed by atoms with Crippen molar-refractivity contribution in [3.63, 3.8) is 0 Å². The summed E-state index contributed by atoms with van der Waals surface area (Å²) < 4.78 is 4.88. The zero-order chi connectivity index (χ0) is 21.8. The van der Waals surface area contributed by atoms with Gasteiger partial charge < -0.3 is 30.1 Å². The van der Waals surface area contributed by atoms with Gasteiger partial charge in [-0.25, -0.2) is 15.0 Å². The number of anilines is 2. The van der Waals surface area contributed by atoms with Crippen LogP contribution < -0.4 is 15.1 Å². The first-order valence-corrected chi connectivity index (χ1v) is 10.4. The Morgan fingerprint density at radius 3 is 2.77 bits per heavy atom. The van der Waals surface area contributed by atoms with Gasteiger partial charge in [-0.3, -0.25) is 0 Å². The van der Waals surface area contributed by atoms with Crippen LogP contribution in [0.3, 0.4) is 0 Å². The van der Waals surface area contributed by atoms with E-state index in [1.165, 1.54) is 18.9 Å². The van der Waals surface area contributed by atoms with Crippen LogP contribution in [0.1, 0.15) is 25.5 Å². The molecule has 0 saturated carbocycles. The maximum Gasteiger partial charge on any atom is 0.221 e. The van der Waals surface area contributed by atoms with Crippen molar-refractivity contribution in [1.82, 2.24) is 15.0 Å². The maximum atomic E-state index is 9.69. The molecule has 2 aromatic heterocycles. The molecule has 0 saturated heterocycles. The first kappa shape index (κ1) is 24.1. The predicted octanol–water partition coefficient (Wildman–Crippen LogP) is 2.07. The van der Waals surface area contributed by atoms with E-state index in [9.17, 15) is 5.11 Å². The van der Waals surface area contributed by atoms with Crippen LogP contribution >= 0.6 is 11.8 Å². The average molecular weight is 440 g/mol. The molecule has 0 aliphatic rings. The van der Waals surface area contributed by atoms with Gasteiger partial charge in [0.15, 0.2) is 12.6 Å². The number of unbranched alkanes of at least 4 members (excludes halogenated alkanes) is 1. The highest BCUT2D eigenvalue weighted by Crippen LogP contribution is 2.39. The molecule has 10 nitrogen and oxygen atoms in total. The molecule has 0 atom stereocenters. The minimum Gasteiger partial charge on any atom is -0.396 e. The van der Waals surface area contributed by atoms with Crippen molar-refractivity contribution >= 4 is 23.4 Å². The Hall–Kier alpha value is -2.18. The molecule has 0 aliphatic carbocycles. The third kappa shape index (κ3) is 6.96. The van der Waals surface area contributed by atoms with Crippen LogP contribution in [0.25, 0.3) is 0 Å². The van der Waals surface area contributed by atoms with Gasteiger partial charge in [0.25, 0.3) is 0 Å². The number of hydrogen-bond acceptors (Lipinski definition) is 11. The molecule has 2 rings (SSSR count). The Kier molecular flexibility index (Phi) is 10.6. The molecule has 30 heavy (non-hydrogen) atoms. The minimum atomic E-state index is -0.246. The minimum absolute atomic E-state index is 0.0284. The third-order valence-electron chi connectivity index (χ3n) is 4.06. The second-order valence-electron chi connectivity index (χ2n) is 6.20. The van der Waals surface area contributed by atoms with Crippen molar-refractivity contribution in [2.75, 3.05) is 50.9 Å². The number of aliphatic hydroxyl groups excluding tert-OH is 2. The second kappa shape index (κ2) is 13.2. The topological polar surface area (TPSA) is 122 Å². The zero-order valence-corrected chi connectivity index (χ0v) is 18.3. The largest absolute Gasteiger partial charge is 0.396 e. The molecule has 0 bridgehead atoms. The number of nitrogens with one attached hydrogen (secondary N) is 1. The van der Waals surface area contributed by atoms with Crippen LogP contribution in [0, 0.1) is 0 Å². The van der Waals surface area contributed by atoms with Gasteiger partial charge in [-0.2, -0.15) is 4.89 Å². The Balaban J connectivity index is 2.23. The fourth-order valence-corrected chi connectivity index (χ4v) is 3.24. The van der Waals surface area contributed by atoms with Crippen LogP contribution in [0.15, 0.2) is 28.4 Å². The summed E-state index contributed by atoms with van der Waals surface area (Å²) in [5, 5.41) is 22.3. The summed E-state index contributed by atoms with van der Waals surface area (Å²) in [7, 11) is 3.41. The molecule has 0 aliphatic heterocycles. The van der Waals surface area contributed by atoms with E-state index in [-0.39, 0.29) is 20.0 Å². The van der Waals surface area contributed by atoms with E-state index < -0.39 is 0 Å². The van der Waals surface area contributed by atoms with Gasteiger partial charge in [0.2, 0.25) is 5.75 Å².